The van der Waals surface area contributed by atoms with Gasteiger partial charge in [-0.3, -0.25) is 9.78 Å². The minimum absolute atomic E-state index is 0.00815. The number of rotatable bonds is 13. The molecule has 2 aromatic carbocycles. The minimum Gasteiger partial charge on any atom is -0.469 e. The Morgan fingerprint density at radius 3 is 2.23 bits per heavy atom. The van der Waals surface area contributed by atoms with Gasteiger partial charge in [-0.1, -0.05) is 82.3 Å². The van der Waals surface area contributed by atoms with Crippen molar-refractivity contribution in [3.63, 3.8) is 0 Å². The van der Waals surface area contributed by atoms with Crippen LogP contribution in [0.15, 0.2) is 60.7 Å². The lowest BCUT2D eigenvalue weighted by Gasteiger charge is -2.24. The van der Waals surface area contributed by atoms with E-state index in [1.165, 1.54) is 24.8 Å². The van der Waals surface area contributed by atoms with E-state index in [9.17, 15) is 19.4 Å². The number of carbonyl (C=O) groups is 1. The van der Waals surface area contributed by atoms with E-state index >= 15 is 0 Å². The number of hydrogen-bond donors (Lipinski definition) is 2. The molecule has 40 heavy (non-hydrogen) atoms. The third kappa shape index (κ3) is 8.75. The van der Waals surface area contributed by atoms with Crippen molar-refractivity contribution in [2.45, 2.75) is 76.1 Å². The van der Waals surface area contributed by atoms with Crippen molar-refractivity contribution in [3.8, 4) is 11.1 Å². The van der Waals surface area contributed by atoms with Crippen LogP contribution in [0.5, 0.6) is 0 Å². The summed E-state index contributed by atoms with van der Waals surface area (Å²) < 4.78 is 18.6. The fourth-order valence-electron chi connectivity index (χ4n) is 4.62. The van der Waals surface area contributed by atoms with Gasteiger partial charge in [0.1, 0.15) is 5.82 Å². The van der Waals surface area contributed by atoms with Crippen LogP contribution in [-0.2, 0) is 21.0 Å². The third-order valence-electron chi connectivity index (χ3n) is 6.61. The third-order valence-corrected chi connectivity index (χ3v) is 7.64. The number of esters is 1. The smallest absolute Gasteiger partial charge is 0.308 e. The first-order valence-electron chi connectivity index (χ1n) is 13.7. The highest BCUT2D eigenvalue weighted by Crippen LogP contribution is 2.39. The molecule has 0 spiro atoms. The van der Waals surface area contributed by atoms with Crippen LogP contribution in [0, 0.1) is 5.82 Å². The van der Waals surface area contributed by atoms with E-state index in [1.807, 2.05) is 24.3 Å². The van der Waals surface area contributed by atoms with Gasteiger partial charge < -0.3 is 14.9 Å². The monoisotopic (exact) mass is 565 g/mol. The average molecular weight is 566 g/mol. The molecular weight excluding hydrogens is 525 g/mol. The Hall–Kier alpha value is -3.00. The highest BCUT2D eigenvalue weighted by atomic mass is 32.2. The summed E-state index contributed by atoms with van der Waals surface area (Å²) >= 11 is 1.80. The number of nitrogens with zero attached hydrogens (tertiary/aromatic N) is 1. The molecule has 2 N–H and O–H groups in total. The quantitative estimate of drug-likeness (QED) is 0.213. The zero-order valence-corrected chi connectivity index (χ0v) is 24.7. The number of pyridine rings is 1. The number of methoxy groups -OCH3 is 1. The zero-order chi connectivity index (χ0) is 29.2. The lowest BCUT2D eigenvalue weighted by atomic mass is 9.87. The Bertz CT molecular complexity index is 1280. The fraction of sp³-hybridized carbons (Fsp3) is 0.394. The Labute approximate surface area is 241 Å². The van der Waals surface area contributed by atoms with Crippen LogP contribution in [-0.4, -0.2) is 40.5 Å². The summed E-state index contributed by atoms with van der Waals surface area (Å²) in [6.07, 6.45) is 1.28. The summed E-state index contributed by atoms with van der Waals surface area (Å²) in [6, 6.07) is 16.8. The summed E-state index contributed by atoms with van der Waals surface area (Å²) in [5.74, 6) is 0.968. The summed E-state index contributed by atoms with van der Waals surface area (Å²) in [5, 5.41) is 20.9. The lowest BCUT2D eigenvalue weighted by Crippen LogP contribution is -2.20. The number of halogens is 1. The van der Waals surface area contributed by atoms with Crippen LogP contribution < -0.4 is 0 Å². The highest BCUT2D eigenvalue weighted by molar-refractivity contribution is 7.97. The van der Waals surface area contributed by atoms with Gasteiger partial charge in [0.25, 0.3) is 0 Å². The molecule has 1 heterocycles. The van der Waals surface area contributed by atoms with Crippen LogP contribution >= 0.6 is 11.8 Å². The second-order valence-electron chi connectivity index (χ2n) is 10.5. The van der Waals surface area contributed by atoms with Crippen LogP contribution in [0.4, 0.5) is 4.39 Å². The molecule has 0 bridgehead atoms. The molecular formula is C33H40FNO4S. The summed E-state index contributed by atoms with van der Waals surface area (Å²) in [7, 11) is 1.26. The second kappa shape index (κ2) is 15.1. The Balaban J connectivity index is 2.10. The number of ether oxygens (including phenoxy) is 1. The molecule has 0 saturated heterocycles. The summed E-state index contributed by atoms with van der Waals surface area (Å²) in [4.78, 5) is 16.7. The fourth-order valence-corrected chi connectivity index (χ4v) is 5.65. The van der Waals surface area contributed by atoms with Gasteiger partial charge in [-0.15, -0.1) is 0 Å². The molecule has 2 unspecified atom stereocenters. The lowest BCUT2D eigenvalue weighted by molar-refractivity contribution is -0.143. The van der Waals surface area contributed by atoms with Gasteiger partial charge in [-0.25, -0.2) is 4.39 Å². The van der Waals surface area contributed by atoms with Crippen molar-refractivity contribution in [1.82, 2.24) is 4.98 Å². The molecule has 214 valence electrons. The van der Waals surface area contributed by atoms with E-state index in [0.29, 0.717) is 5.75 Å². The van der Waals surface area contributed by atoms with Gasteiger partial charge in [0.2, 0.25) is 0 Å². The second-order valence-corrected chi connectivity index (χ2v) is 11.5. The average Bonchev–Trinajstić information content (AvgIpc) is 2.92. The van der Waals surface area contributed by atoms with Crippen molar-refractivity contribution < 1.29 is 24.1 Å². The van der Waals surface area contributed by atoms with E-state index in [1.54, 1.807) is 30.0 Å². The van der Waals surface area contributed by atoms with Crippen molar-refractivity contribution in [2.24, 2.45) is 0 Å². The maximum absolute atomic E-state index is 14.0. The van der Waals surface area contributed by atoms with Gasteiger partial charge in [0, 0.05) is 29.2 Å². The number of aliphatic hydroxyl groups excluding tert-OH is 2. The van der Waals surface area contributed by atoms with Gasteiger partial charge in [0.15, 0.2) is 0 Å². The number of thioether (sulfide) groups is 1. The number of carbonyl (C=O) groups excluding carboxylic acids is 1. The van der Waals surface area contributed by atoms with E-state index in [-0.39, 0.29) is 30.5 Å². The first kappa shape index (κ1) is 31.5. The summed E-state index contributed by atoms with van der Waals surface area (Å²) in [6.45, 7) is 8.43. The van der Waals surface area contributed by atoms with Crippen LogP contribution in [0.2, 0.25) is 0 Å². The molecule has 0 amide bonds. The molecule has 0 aliphatic rings. The standard InChI is InChI=1S/C33H40FNO4S/c1-21(2)32-28(16-15-26(36)17-27(37)18-30(38)39-5)31(24-11-13-25(34)14-12-24)29(33(35-32)22(3)4)20-40-19-23-9-7-6-8-10-23/h6-16,21-22,26-27,36-37H,17-20H2,1-5H3. The molecule has 1 aromatic heterocycles. The maximum atomic E-state index is 14.0. The molecule has 7 heteroatoms. The molecule has 0 aliphatic carbocycles. The number of benzene rings is 2. The highest BCUT2D eigenvalue weighted by Gasteiger charge is 2.23. The molecule has 2 atom stereocenters. The van der Waals surface area contributed by atoms with Gasteiger partial charge in [-0.05, 0) is 46.2 Å². The predicted octanol–water partition coefficient (Wildman–Crippen LogP) is 7.26. The van der Waals surface area contributed by atoms with E-state index in [2.05, 4.69) is 44.6 Å². The molecule has 3 rings (SSSR count). The predicted molar refractivity (Wildman–Crippen MR) is 162 cm³/mol. The number of hydrogen-bond acceptors (Lipinski definition) is 6. The van der Waals surface area contributed by atoms with Gasteiger partial charge in [0.05, 0.1) is 31.4 Å². The number of aromatic nitrogens is 1. The molecule has 3 aromatic rings. The Morgan fingerprint density at radius 1 is 0.975 bits per heavy atom. The Kier molecular flexibility index (Phi) is 11.9. The first-order chi connectivity index (χ1) is 19.1. The van der Waals surface area contributed by atoms with Crippen LogP contribution in [0.1, 0.15) is 80.5 Å². The van der Waals surface area contributed by atoms with Crippen molar-refractivity contribution in [3.05, 3.63) is 94.6 Å². The zero-order valence-electron chi connectivity index (χ0n) is 23.9. The van der Waals surface area contributed by atoms with Gasteiger partial charge in [-0.2, -0.15) is 11.8 Å². The maximum Gasteiger partial charge on any atom is 0.308 e. The van der Waals surface area contributed by atoms with E-state index in [4.69, 9.17) is 4.98 Å². The largest absolute Gasteiger partial charge is 0.469 e. The van der Waals surface area contributed by atoms with Crippen LogP contribution in [0.3, 0.4) is 0 Å². The molecule has 0 fully saturated rings. The SMILES string of the molecule is COC(=O)CC(O)CC(O)C=Cc1c(C(C)C)nc(C(C)C)c(CSCc2ccccc2)c1-c1ccc(F)cc1. The van der Waals surface area contributed by atoms with Crippen molar-refractivity contribution in [2.75, 3.05) is 7.11 Å². The van der Waals surface area contributed by atoms with E-state index in [0.717, 1.165) is 39.4 Å². The molecule has 5 nitrogen and oxygen atoms in total. The minimum atomic E-state index is -1.03. The first-order valence-corrected chi connectivity index (χ1v) is 14.8. The normalized spacial score (nSPS) is 13.2. The number of aliphatic hydroxyl groups is 2. The van der Waals surface area contributed by atoms with Crippen molar-refractivity contribution >= 4 is 23.8 Å². The Morgan fingerprint density at radius 2 is 1.62 bits per heavy atom. The van der Waals surface area contributed by atoms with Gasteiger partial charge >= 0.3 is 5.97 Å². The molecule has 0 saturated carbocycles. The van der Waals surface area contributed by atoms with E-state index < -0.39 is 18.2 Å². The summed E-state index contributed by atoms with van der Waals surface area (Å²) in [5.41, 5.74) is 6.94. The molecule has 0 aliphatic heterocycles. The van der Waals surface area contributed by atoms with Crippen LogP contribution in [0.25, 0.3) is 17.2 Å². The van der Waals surface area contributed by atoms with Crippen molar-refractivity contribution in [1.29, 1.82) is 0 Å². The molecule has 0 radical (unpaired) electrons. The topological polar surface area (TPSA) is 79.7 Å².